The highest BCUT2D eigenvalue weighted by molar-refractivity contribution is 5.86. The summed E-state index contributed by atoms with van der Waals surface area (Å²) in [6, 6.07) is 5.71. The maximum absolute atomic E-state index is 11.7. The summed E-state index contributed by atoms with van der Waals surface area (Å²) in [5, 5.41) is 39.2. The highest BCUT2D eigenvalue weighted by atomic mass is 16.4. The maximum atomic E-state index is 11.7. The van der Waals surface area contributed by atoms with Crippen LogP contribution < -0.4 is 0 Å². The first-order chi connectivity index (χ1) is 13.8. The molecule has 0 aliphatic carbocycles. The third kappa shape index (κ3) is 8.69. The number of hydrogen-bond acceptors (Lipinski definition) is 4. The lowest BCUT2D eigenvalue weighted by molar-refractivity contribution is -0.174. The molecule has 29 heavy (non-hydrogen) atoms. The number of carboxylic acids is 2. The molecule has 6 heteroatoms. The molecule has 1 aromatic rings. The third-order valence-corrected chi connectivity index (χ3v) is 5.16. The van der Waals surface area contributed by atoms with E-state index in [4.69, 9.17) is 0 Å². The van der Waals surface area contributed by atoms with Gasteiger partial charge in [0.2, 0.25) is 0 Å². The highest BCUT2D eigenvalue weighted by Crippen LogP contribution is 2.29. The van der Waals surface area contributed by atoms with Gasteiger partial charge in [0.1, 0.15) is 5.75 Å². The summed E-state index contributed by atoms with van der Waals surface area (Å²) in [7, 11) is 0. The average Bonchev–Trinajstić information content (AvgIpc) is 2.67. The number of rotatable bonds is 15. The van der Waals surface area contributed by atoms with Gasteiger partial charge in [0.15, 0.2) is 5.60 Å². The number of aromatic hydroxyl groups is 1. The number of aliphatic hydroxyl groups is 1. The standard InChI is InChI=1S/C23H34O6/c1-2-3-4-5-6-7-8-9-10-11-12-20(21(25)26)23(29,22(27)28)17-18-13-15-19(24)16-14-18/h7-8,13-16,20,24,29H,2-6,9-12,17H2,1H3,(H,25,26)(H,27,28). The van der Waals surface area contributed by atoms with Crippen molar-refractivity contribution < 1.29 is 30.0 Å². The fourth-order valence-electron chi connectivity index (χ4n) is 3.37. The Morgan fingerprint density at radius 2 is 1.55 bits per heavy atom. The number of allylic oxidation sites excluding steroid dienone is 2. The minimum atomic E-state index is -2.40. The van der Waals surface area contributed by atoms with Crippen LogP contribution in [0.15, 0.2) is 36.4 Å². The van der Waals surface area contributed by atoms with Crippen molar-refractivity contribution in [2.75, 3.05) is 0 Å². The number of benzene rings is 1. The number of carboxylic acid groups (broad SMARTS) is 2. The Kier molecular flexibility index (Phi) is 11.1. The Hall–Kier alpha value is -2.34. The van der Waals surface area contributed by atoms with Gasteiger partial charge in [-0.3, -0.25) is 4.79 Å². The van der Waals surface area contributed by atoms with Gasteiger partial charge in [-0.15, -0.1) is 0 Å². The SMILES string of the molecule is CCCCCCC=CCCCCC(C(=O)O)C(O)(Cc1ccc(O)cc1)C(=O)O. The van der Waals surface area contributed by atoms with Gasteiger partial charge in [-0.05, 0) is 49.8 Å². The molecule has 4 N–H and O–H groups in total. The third-order valence-electron chi connectivity index (χ3n) is 5.16. The predicted octanol–water partition coefficient (Wildman–Crippen LogP) is 4.54. The van der Waals surface area contributed by atoms with Crippen LogP contribution in [0, 0.1) is 5.92 Å². The lowest BCUT2D eigenvalue weighted by atomic mass is 9.79. The lowest BCUT2D eigenvalue weighted by Gasteiger charge is -2.30. The second kappa shape index (κ2) is 13.0. The summed E-state index contributed by atoms with van der Waals surface area (Å²) < 4.78 is 0. The average molecular weight is 407 g/mol. The van der Waals surface area contributed by atoms with E-state index in [0.717, 1.165) is 19.3 Å². The summed E-state index contributed by atoms with van der Waals surface area (Å²) in [4.78, 5) is 23.5. The van der Waals surface area contributed by atoms with Crippen LogP contribution in [0.1, 0.15) is 70.3 Å². The van der Waals surface area contributed by atoms with E-state index >= 15 is 0 Å². The van der Waals surface area contributed by atoms with Crippen molar-refractivity contribution in [1.29, 1.82) is 0 Å². The molecule has 0 fully saturated rings. The van der Waals surface area contributed by atoms with Crippen molar-refractivity contribution in [3.8, 4) is 5.75 Å². The fraction of sp³-hybridized carbons (Fsp3) is 0.565. The number of unbranched alkanes of at least 4 members (excludes halogenated alkanes) is 6. The molecule has 1 rings (SSSR count). The van der Waals surface area contributed by atoms with Crippen molar-refractivity contribution in [3.05, 3.63) is 42.0 Å². The molecule has 2 unspecified atom stereocenters. The zero-order valence-corrected chi connectivity index (χ0v) is 17.2. The number of phenolic OH excluding ortho intramolecular Hbond substituents is 1. The van der Waals surface area contributed by atoms with Gasteiger partial charge in [0.25, 0.3) is 0 Å². The molecule has 162 valence electrons. The van der Waals surface area contributed by atoms with Crippen LogP contribution in [0.5, 0.6) is 5.75 Å². The normalized spacial score (nSPS) is 14.6. The molecular formula is C23H34O6. The van der Waals surface area contributed by atoms with Crippen LogP contribution in [0.2, 0.25) is 0 Å². The molecule has 0 aliphatic rings. The molecule has 0 spiro atoms. The van der Waals surface area contributed by atoms with Gasteiger partial charge in [0, 0.05) is 6.42 Å². The largest absolute Gasteiger partial charge is 0.508 e. The zero-order chi connectivity index (χ0) is 21.7. The van der Waals surface area contributed by atoms with E-state index in [2.05, 4.69) is 19.1 Å². The molecule has 0 amide bonds. The van der Waals surface area contributed by atoms with Crippen molar-refractivity contribution >= 4 is 11.9 Å². The number of carbonyl (C=O) groups is 2. The van der Waals surface area contributed by atoms with Crippen molar-refractivity contribution in [2.45, 2.75) is 76.7 Å². The molecule has 2 atom stereocenters. The van der Waals surface area contributed by atoms with E-state index in [9.17, 15) is 30.0 Å². The molecular weight excluding hydrogens is 372 g/mol. The molecule has 0 saturated carbocycles. The van der Waals surface area contributed by atoms with Crippen molar-refractivity contribution in [2.24, 2.45) is 5.92 Å². The number of hydrogen-bond donors (Lipinski definition) is 4. The van der Waals surface area contributed by atoms with Gasteiger partial charge >= 0.3 is 11.9 Å². The molecule has 6 nitrogen and oxygen atoms in total. The molecule has 0 radical (unpaired) electrons. The summed E-state index contributed by atoms with van der Waals surface area (Å²) in [6.45, 7) is 2.18. The van der Waals surface area contributed by atoms with E-state index in [0.29, 0.717) is 12.0 Å². The van der Waals surface area contributed by atoms with Gasteiger partial charge in [-0.1, -0.05) is 56.9 Å². The van der Waals surface area contributed by atoms with E-state index < -0.39 is 23.5 Å². The van der Waals surface area contributed by atoms with Crippen LogP contribution in [0.25, 0.3) is 0 Å². The Morgan fingerprint density at radius 1 is 0.966 bits per heavy atom. The summed E-state index contributed by atoms with van der Waals surface area (Å²) in [6.07, 6.45) is 12.0. The topological polar surface area (TPSA) is 115 Å². The molecule has 0 aromatic heterocycles. The number of phenols is 1. The van der Waals surface area contributed by atoms with Gasteiger partial charge in [0.05, 0.1) is 5.92 Å². The van der Waals surface area contributed by atoms with Gasteiger partial charge in [-0.25, -0.2) is 4.79 Å². The summed E-state index contributed by atoms with van der Waals surface area (Å²) in [5.41, 5.74) is -1.96. The summed E-state index contributed by atoms with van der Waals surface area (Å²) in [5.74, 6) is -4.27. The summed E-state index contributed by atoms with van der Waals surface area (Å²) >= 11 is 0. The first-order valence-electron chi connectivity index (χ1n) is 10.4. The minimum absolute atomic E-state index is 0.0146. The molecule has 0 saturated heterocycles. The van der Waals surface area contributed by atoms with Gasteiger partial charge < -0.3 is 20.4 Å². The van der Waals surface area contributed by atoms with Gasteiger partial charge in [-0.2, -0.15) is 0 Å². The lowest BCUT2D eigenvalue weighted by Crippen LogP contribution is -2.51. The van der Waals surface area contributed by atoms with Crippen molar-refractivity contribution in [1.82, 2.24) is 0 Å². The first-order valence-corrected chi connectivity index (χ1v) is 10.4. The van der Waals surface area contributed by atoms with E-state index in [1.807, 2.05) is 0 Å². The molecule has 1 aromatic carbocycles. The second-order valence-corrected chi connectivity index (χ2v) is 7.57. The quantitative estimate of drug-likeness (QED) is 0.251. The Morgan fingerprint density at radius 3 is 2.07 bits per heavy atom. The van der Waals surface area contributed by atoms with Crippen LogP contribution in [-0.2, 0) is 16.0 Å². The van der Waals surface area contributed by atoms with E-state index in [1.165, 1.54) is 49.9 Å². The first kappa shape index (κ1) is 24.7. The maximum Gasteiger partial charge on any atom is 0.336 e. The second-order valence-electron chi connectivity index (χ2n) is 7.57. The molecule has 0 bridgehead atoms. The smallest absolute Gasteiger partial charge is 0.336 e. The number of aliphatic carboxylic acids is 2. The minimum Gasteiger partial charge on any atom is -0.508 e. The van der Waals surface area contributed by atoms with E-state index in [1.54, 1.807) is 0 Å². The van der Waals surface area contributed by atoms with E-state index in [-0.39, 0.29) is 18.6 Å². The van der Waals surface area contributed by atoms with Crippen LogP contribution in [0.3, 0.4) is 0 Å². The van der Waals surface area contributed by atoms with Crippen molar-refractivity contribution in [3.63, 3.8) is 0 Å². The van der Waals surface area contributed by atoms with Crippen LogP contribution in [-0.4, -0.2) is 38.0 Å². The molecule has 0 heterocycles. The predicted molar refractivity (Wildman–Crippen MR) is 112 cm³/mol. The van der Waals surface area contributed by atoms with Crippen LogP contribution >= 0.6 is 0 Å². The zero-order valence-electron chi connectivity index (χ0n) is 17.2. The Bertz CT molecular complexity index is 652. The fourth-order valence-corrected chi connectivity index (χ4v) is 3.37. The molecule has 0 aliphatic heterocycles. The monoisotopic (exact) mass is 406 g/mol. The highest BCUT2D eigenvalue weighted by Gasteiger charge is 2.47. The Labute approximate surface area is 172 Å². The Balaban J connectivity index is 2.59. The van der Waals surface area contributed by atoms with Crippen LogP contribution in [0.4, 0.5) is 0 Å².